The van der Waals surface area contributed by atoms with Crippen LogP contribution in [-0.2, 0) is 0 Å². The van der Waals surface area contributed by atoms with Crippen molar-refractivity contribution in [3.63, 3.8) is 0 Å². The van der Waals surface area contributed by atoms with Gasteiger partial charge in [0, 0.05) is 12.1 Å². The molecule has 0 saturated heterocycles. The topological polar surface area (TPSA) is 176 Å². The van der Waals surface area contributed by atoms with Crippen LogP contribution in [0.2, 0.25) is 0 Å². The van der Waals surface area contributed by atoms with Crippen LogP contribution < -0.4 is 10.6 Å². The average Bonchev–Trinajstić information content (AvgIpc) is 3.58. The van der Waals surface area contributed by atoms with E-state index >= 15 is 0 Å². The summed E-state index contributed by atoms with van der Waals surface area (Å²) in [7, 11) is 0. The molecule has 6 rings (SSSR count). The molecular formula is C23H17F2N11O2. The molecule has 0 saturated carbocycles. The zero-order valence-corrected chi connectivity index (χ0v) is 19.5. The summed E-state index contributed by atoms with van der Waals surface area (Å²) in [6, 6.07) is 8.18. The molecule has 190 valence electrons. The fourth-order valence-corrected chi connectivity index (χ4v) is 3.42. The summed E-state index contributed by atoms with van der Waals surface area (Å²) in [5.74, 6) is -0.157. The third-order valence-electron chi connectivity index (χ3n) is 5.24. The number of nitrogens with zero attached hydrogens (tertiary/aromatic N) is 7. The van der Waals surface area contributed by atoms with Crippen molar-refractivity contribution < 1.29 is 13.7 Å². The Labute approximate surface area is 211 Å². The van der Waals surface area contributed by atoms with Gasteiger partial charge in [0.15, 0.2) is 22.9 Å². The molecule has 6 aromatic rings. The zero-order valence-electron chi connectivity index (χ0n) is 19.5. The van der Waals surface area contributed by atoms with Crippen molar-refractivity contribution in [3.05, 3.63) is 89.0 Å². The van der Waals surface area contributed by atoms with Gasteiger partial charge in [0.2, 0.25) is 0 Å². The molecule has 0 unspecified atom stereocenters. The summed E-state index contributed by atoms with van der Waals surface area (Å²) in [5, 5.41) is 16.3. The van der Waals surface area contributed by atoms with Gasteiger partial charge in [0.1, 0.15) is 35.3 Å². The van der Waals surface area contributed by atoms with E-state index in [-0.39, 0.29) is 23.0 Å². The van der Waals surface area contributed by atoms with Crippen LogP contribution in [-0.4, -0.2) is 44.8 Å². The molecule has 4 aromatic heterocycles. The Kier molecular flexibility index (Phi) is 6.46. The van der Waals surface area contributed by atoms with Gasteiger partial charge in [0.05, 0.1) is 29.0 Å². The second-order valence-electron chi connectivity index (χ2n) is 7.80. The minimum absolute atomic E-state index is 0.0474. The molecule has 0 radical (unpaired) electrons. The third-order valence-corrected chi connectivity index (χ3v) is 5.24. The monoisotopic (exact) mass is 517 g/mol. The number of hydrogen-bond donors (Lipinski definition) is 4. The van der Waals surface area contributed by atoms with Crippen molar-refractivity contribution in [2.75, 3.05) is 10.6 Å². The maximum Gasteiger partial charge on any atom is 0.271 e. The SMILES string of the molecule is Cc1ccc(Nc2ncnc3nc[nH]c23)c(F)c1.O=[N+]([O-])c1ccc(F)c(Nc2ncnc3nc[nH]c23)c1. The number of halogens is 2. The largest absolute Gasteiger partial charge is 0.340 e. The Bertz CT molecular complexity index is 1770. The molecule has 4 heterocycles. The number of nitro benzene ring substituents is 1. The standard InChI is InChI=1S/C12H10FN5.C11H7FN6O2/c1-7-2-3-9(8(13)4-7)18-12-10-11(15-5-14-10)16-6-17-12;12-7-2-1-6(18(19)20)3-8(7)17-11-9-10(14-4-13-9)15-5-16-11/h2-6H,1H3,(H2,14,15,16,17,18);1-5H,(H2,13,14,15,16,17). The van der Waals surface area contributed by atoms with Crippen LogP contribution in [0.15, 0.2) is 61.7 Å². The smallest absolute Gasteiger partial charge is 0.271 e. The van der Waals surface area contributed by atoms with Crippen molar-refractivity contribution in [1.82, 2.24) is 39.9 Å². The average molecular weight is 517 g/mol. The normalized spacial score (nSPS) is 10.7. The molecule has 13 nitrogen and oxygen atoms in total. The van der Waals surface area contributed by atoms with Gasteiger partial charge in [0.25, 0.3) is 5.69 Å². The number of nitro groups is 1. The van der Waals surface area contributed by atoms with Gasteiger partial charge in [-0.25, -0.2) is 38.7 Å². The first-order chi connectivity index (χ1) is 18.4. The number of hydrogen-bond acceptors (Lipinski definition) is 10. The van der Waals surface area contributed by atoms with Gasteiger partial charge < -0.3 is 20.6 Å². The molecule has 15 heteroatoms. The molecule has 2 aromatic carbocycles. The molecule has 0 atom stereocenters. The molecule has 0 amide bonds. The molecule has 0 bridgehead atoms. The molecular weight excluding hydrogens is 500 g/mol. The maximum absolute atomic E-state index is 13.7. The lowest BCUT2D eigenvalue weighted by Crippen LogP contribution is -1.99. The molecule has 4 N–H and O–H groups in total. The summed E-state index contributed by atoms with van der Waals surface area (Å²) in [5.41, 5.74) is 3.06. The molecule has 0 aliphatic rings. The molecule has 0 aliphatic carbocycles. The van der Waals surface area contributed by atoms with Gasteiger partial charge in [-0.15, -0.1) is 0 Å². The van der Waals surface area contributed by atoms with Crippen LogP contribution in [0, 0.1) is 28.7 Å². The number of nitrogens with one attached hydrogen (secondary N) is 4. The van der Waals surface area contributed by atoms with Crippen LogP contribution in [0.1, 0.15) is 5.56 Å². The quantitative estimate of drug-likeness (QED) is 0.185. The van der Waals surface area contributed by atoms with Crippen LogP contribution in [0.4, 0.5) is 37.5 Å². The summed E-state index contributed by atoms with van der Waals surface area (Å²) >= 11 is 0. The first kappa shape index (κ1) is 24.1. The predicted octanol–water partition coefficient (Wildman–Crippen LogP) is 4.69. The highest BCUT2D eigenvalue weighted by atomic mass is 19.1. The van der Waals surface area contributed by atoms with Gasteiger partial charge >= 0.3 is 0 Å². The Balaban J connectivity index is 0.000000156. The van der Waals surface area contributed by atoms with Crippen molar-refractivity contribution in [2.45, 2.75) is 6.92 Å². The fraction of sp³-hybridized carbons (Fsp3) is 0.0435. The van der Waals surface area contributed by atoms with E-state index in [0.29, 0.717) is 33.8 Å². The minimum atomic E-state index is -0.623. The summed E-state index contributed by atoms with van der Waals surface area (Å²) in [6.07, 6.45) is 5.60. The minimum Gasteiger partial charge on any atom is -0.340 e. The molecule has 0 aliphatic heterocycles. The van der Waals surface area contributed by atoms with Gasteiger partial charge in [-0.1, -0.05) is 6.07 Å². The van der Waals surface area contributed by atoms with Crippen molar-refractivity contribution in [1.29, 1.82) is 0 Å². The van der Waals surface area contributed by atoms with E-state index in [4.69, 9.17) is 0 Å². The number of rotatable bonds is 5. The van der Waals surface area contributed by atoms with Gasteiger partial charge in [-0.3, -0.25) is 10.1 Å². The number of anilines is 4. The Morgan fingerprint density at radius 2 is 1.37 bits per heavy atom. The van der Waals surface area contributed by atoms with E-state index in [1.54, 1.807) is 6.07 Å². The first-order valence-corrected chi connectivity index (χ1v) is 10.9. The number of aryl methyl sites for hydroxylation is 1. The van der Waals surface area contributed by atoms with E-state index in [1.807, 2.05) is 13.0 Å². The van der Waals surface area contributed by atoms with E-state index in [2.05, 4.69) is 50.5 Å². The van der Waals surface area contributed by atoms with E-state index in [0.717, 1.165) is 23.8 Å². The zero-order chi connectivity index (χ0) is 26.6. The molecule has 38 heavy (non-hydrogen) atoms. The number of H-pyrrole nitrogens is 2. The van der Waals surface area contributed by atoms with Crippen LogP contribution >= 0.6 is 0 Å². The van der Waals surface area contributed by atoms with Gasteiger partial charge in [-0.2, -0.15) is 0 Å². The van der Waals surface area contributed by atoms with Crippen LogP contribution in [0.25, 0.3) is 22.3 Å². The van der Waals surface area contributed by atoms with Crippen molar-refractivity contribution >= 4 is 51.0 Å². The number of fused-ring (bicyclic) bond motifs is 2. The van der Waals surface area contributed by atoms with Crippen molar-refractivity contribution in [2.24, 2.45) is 0 Å². The summed E-state index contributed by atoms with van der Waals surface area (Å²) < 4.78 is 27.4. The molecule has 0 spiro atoms. The van der Waals surface area contributed by atoms with Crippen molar-refractivity contribution in [3.8, 4) is 0 Å². The number of imidazole rings is 2. The Morgan fingerprint density at radius 3 is 1.95 bits per heavy atom. The summed E-state index contributed by atoms with van der Waals surface area (Å²) in [6.45, 7) is 1.84. The highest BCUT2D eigenvalue weighted by Gasteiger charge is 2.13. The first-order valence-electron chi connectivity index (χ1n) is 10.9. The second-order valence-corrected chi connectivity index (χ2v) is 7.80. The Hall–Kier alpha value is -5.60. The maximum atomic E-state index is 13.7. The van der Waals surface area contributed by atoms with Gasteiger partial charge in [-0.05, 0) is 30.7 Å². The fourth-order valence-electron chi connectivity index (χ4n) is 3.42. The lowest BCUT2D eigenvalue weighted by molar-refractivity contribution is -0.384. The number of benzene rings is 2. The molecule has 0 fully saturated rings. The number of non-ortho nitro benzene ring substituents is 1. The third kappa shape index (κ3) is 5.01. The predicted molar refractivity (Wildman–Crippen MR) is 134 cm³/mol. The lowest BCUT2D eigenvalue weighted by atomic mass is 10.2. The van der Waals surface area contributed by atoms with E-state index in [9.17, 15) is 18.9 Å². The van der Waals surface area contributed by atoms with Crippen LogP contribution in [0.5, 0.6) is 0 Å². The lowest BCUT2D eigenvalue weighted by Gasteiger charge is -2.07. The van der Waals surface area contributed by atoms with E-state index < -0.39 is 10.7 Å². The highest BCUT2D eigenvalue weighted by molar-refractivity contribution is 5.85. The number of aromatic nitrogens is 8. The van der Waals surface area contributed by atoms with E-state index in [1.165, 1.54) is 31.4 Å². The summed E-state index contributed by atoms with van der Waals surface area (Å²) in [4.78, 5) is 39.7. The highest BCUT2D eigenvalue weighted by Crippen LogP contribution is 2.26. The number of aromatic amines is 2. The Morgan fingerprint density at radius 1 is 0.763 bits per heavy atom. The van der Waals surface area contributed by atoms with Crippen LogP contribution in [0.3, 0.4) is 0 Å². The second kappa shape index (κ2) is 10.2.